The average molecular weight is 195 g/mol. The van der Waals surface area contributed by atoms with Gasteiger partial charge in [-0.15, -0.1) is 11.4 Å². The van der Waals surface area contributed by atoms with Crippen molar-refractivity contribution in [3.63, 3.8) is 0 Å². The first kappa shape index (κ1) is 18.4. The van der Waals surface area contributed by atoms with Crippen LogP contribution in [0.25, 0.3) is 0 Å². The molecule has 11 heavy (non-hydrogen) atoms. The molecule has 4 nitrogen and oxygen atoms in total. The molecule has 0 aromatic carbocycles. The van der Waals surface area contributed by atoms with Gasteiger partial charge in [0.05, 0.1) is 0 Å². The van der Waals surface area contributed by atoms with Gasteiger partial charge in [0.15, 0.2) is 0 Å². The standard InChI is InChI=1S/C4H7N.2Na.H2O3S/c1-2-4-5-3-1;;;1-4(2)3/h1,3,5H,2,4H2;;;(H2,1,2,3)/q;2*+1;/p-2. The molecule has 0 radical (unpaired) electrons. The minimum Gasteiger partial charge on any atom is -0.784 e. The van der Waals surface area contributed by atoms with Crippen LogP contribution in [0.15, 0.2) is 12.3 Å². The molecule has 0 fully saturated rings. The molecule has 0 aromatic heterocycles. The summed E-state index contributed by atoms with van der Waals surface area (Å²) in [4.78, 5) is 0. The van der Waals surface area contributed by atoms with Crippen molar-refractivity contribution in [2.75, 3.05) is 6.54 Å². The fraction of sp³-hybridized carbons (Fsp3) is 0.500. The quantitative estimate of drug-likeness (QED) is 0.308. The molecular formula is C4H7NNa2O3S. The summed E-state index contributed by atoms with van der Waals surface area (Å²) in [6.45, 7) is 1.14. The monoisotopic (exact) mass is 195 g/mol. The van der Waals surface area contributed by atoms with Crippen molar-refractivity contribution in [1.29, 1.82) is 0 Å². The predicted octanol–water partition coefficient (Wildman–Crippen LogP) is -6.50. The summed E-state index contributed by atoms with van der Waals surface area (Å²) >= 11 is -3.11. The average Bonchev–Trinajstić information content (AvgIpc) is 2.11. The third kappa shape index (κ3) is 24.5. The molecule has 1 aliphatic heterocycles. The third-order valence-electron chi connectivity index (χ3n) is 0.691. The van der Waals surface area contributed by atoms with Gasteiger partial charge >= 0.3 is 59.1 Å². The van der Waals surface area contributed by atoms with E-state index in [1.807, 2.05) is 6.20 Å². The fourth-order valence-electron chi connectivity index (χ4n) is 0.417. The normalized spacial score (nSPS) is 11.9. The van der Waals surface area contributed by atoms with Gasteiger partial charge in [0.1, 0.15) is 0 Å². The SMILES string of the molecule is C1=CNCC1.O=S([O-])[O-].[Na+].[Na+]. The molecule has 0 spiro atoms. The largest absolute Gasteiger partial charge is 1.00 e. The van der Waals surface area contributed by atoms with Crippen LogP contribution >= 0.6 is 0 Å². The number of hydrogen-bond acceptors (Lipinski definition) is 4. The molecule has 0 bridgehead atoms. The summed E-state index contributed by atoms with van der Waals surface area (Å²) < 4.78 is 25.3. The smallest absolute Gasteiger partial charge is 0.784 e. The maximum absolute atomic E-state index is 8.44. The van der Waals surface area contributed by atoms with E-state index < -0.39 is 11.4 Å². The van der Waals surface area contributed by atoms with Crippen LogP contribution in [0.1, 0.15) is 6.42 Å². The van der Waals surface area contributed by atoms with Crippen LogP contribution in [0.3, 0.4) is 0 Å². The van der Waals surface area contributed by atoms with Gasteiger partial charge < -0.3 is 14.4 Å². The van der Waals surface area contributed by atoms with Gasteiger partial charge in [-0.25, -0.2) is 0 Å². The first-order chi connectivity index (χ1) is 4.23. The van der Waals surface area contributed by atoms with Crippen LogP contribution in [0.2, 0.25) is 0 Å². The number of rotatable bonds is 0. The second kappa shape index (κ2) is 14.2. The molecule has 0 unspecified atom stereocenters. The van der Waals surface area contributed by atoms with Gasteiger partial charge in [-0.3, -0.25) is 4.21 Å². The van der Waals surface area contributed by atoms with Crippen LogP contribution in [0, 0.1) is 0 Å². The van der Waals surface area contributed by atoms with Crippen molar-refractivity contribution in [2.24, 2.45) is 0 Å². The Morgan fingerprint density at radius 2 is 1.82 bits per heavy atom. The molecule has 7 heteroatoms. The van der Waals surface area contributed by atoms with Crippen LogP contribution in [0.5, 0.6) is 0 Å². The zero-order chi connectivity index (χ0) is 7.11. The Morgan fingerprint density at radius 1 is 1.36 bits per heavy atom. The molecule has 0 saturated carbocycles. The van der Waals surface area contributed by atoms with Gasteiger partial charge in [0.25, 0.3) is 0 Å². The topological polar surface area (TPSA) is 75.2 Å². The second-order valence-electron chi connectivity index (χ2n) is 1.35. The van der Waals surface area contributed by atoms with Crippen molar-refractivity contribution in [1.82, 2.24) is 5.32 Å². The number of nitrogens with one attached hydrogen (secondary N) is 1. The maximum atomic E-state index is 8.44. The molecule has 54 valence electrons. The Hall–Kier alpha value is 1.61. The van der Waals surface area contributed by atoms with Gasteiger partial charge in [0.2, 0.25) is 0 Å². The van der Waals surface area contributed by atoms with Gasteiger partial charge in [0, 0.05) is 6.54 Å². The molecule has 1 aliphatic rings. The summed E-state index contributed by atoms with van der Waals surface area (Å²) in [5, 5.41) is 3.04. The van der Waals surface area contributed by atoms with E-state index in [2.05, 4.69) is 11.4 Å². The summed E-state index contributed by atoms with van der Waals surface area (Å²) in [5.74, 6) is 0. The van der Waals surface area contributed by atoms with E-state index in [1.54, 1.807) is 0 Å². The van der Waals surface area contributed by atoms with Crippen molar-refractivity contribution < 1.29 is 72.4 Å². The fourth-order valence-corrected chi connectivity index (χ4v) is 0.417. The Bertz CT molecular complexity index is 112. The van der Waals surface area contributed by atoms with Crippen LogP contribution < -0.4 is 64.4 Å². The molecule has 1 rings (SSSR count). The van der Waals surface area contributed by atoms with Crippen molar-refractivity contribution in [3.8, 4) is 0 Å². The zero-order valence-corrected chi connectivity index (χ0v) is 11.5. The van der Waals surface area contributed by atoms with Crippen molar-refractivity contribution in [2.45, 2.75) is 6.42 Å². The molecule has 1 heterocycles. The first-order valence-electron chi connectivity index (χ1n) is 2.38. The zero-order valence-electron chi connectivity index (χ0n) is 6.70. The summed E-state index contributed by atoms with van der Waals surface area (Å²) in [5.41, 5.74) is 0. The van der Waals surface area contributed by atoms with E-state index in [4.69, 9.17) is 13.3 Å². The molecule has 0 atom stereocenters. The van der Waals surface area contributed by atoms with Crippen molar-refractivity contribution >= 4 is 11.4 Å². The van der Waals surface area contributed by atoms with Gasteiger partial charge in [-0.05, 0) is 12.6 Å². The van der Waals surface area contributed by atoms with E-state index in [-0.39, 0.29) is 59.1 Å². The van der Waals surface area contributed by atoms with E-state index in [1.165, 1.54) is 6.42 Å². The number of hydrogen-bond donors (Lipinski definition) is 1. The van der Waals surface area contributed by atoms with Crippen LogP contribution in [0.4, 0.5) is 0 Å². The molecule has 0 aliphatic carbocycles. The van der Waals surface area contributed by atoms with Gasteiger partial charge in [-0.1, -0.05) is 6.08 Å². The molecule has 1 N–H and O–H groups in total. The van der Waals surface area contributed by atoms with Gasteiger partial charge in [-0.2, -0.15) is 0 Å². The molecule has 0 aromatic rings. The Morgan fingerprint density at radius 3 is 1.91 bits per heavy atom. The van der Waals surface area contributed by atoms with E-state index in [0.29, 0.717) is 0 Å². The summed E-state index contributed by atoms with van der Waals surface area (Å²) in [7, 11) is 0. The summed E-state index contributed by atoms with van der Waals surface area (Å²) in [6.07, 6.45) is 5.32. The minimum absolute atomic E-state index is 0. The van der Waals surface area contributed by atoms with Crippen LogP contribution in [-0.4, -0.2) is 19.9 Å². The Kier molecular flexibility index (Phi) is 23.7. The van der Waals surface area contributed by atoms with Crippen LogP contribution in [-0.2, 0) is 11.4 Å². The van der Waals surface area contributed by atoms with Crippen molar-refractivity contribution in [3.05, 3.63) is 12.3 Å². The molecular weight excluding hydrogens is 188 g/mol. The first-order valence-corrected chi connectivity index (χ1v) is 3.38. The second-order valence-corrected chi connectivity index (χ2v) is 1.76. The van der Waals surface area contributed by atoms with E-state index in [0.717, 1.165) is 6.54 Å². The maximum Gasteiger partial charge on any atom is 1.00 e. The Balaban J connectivity index is -0.000000101. The molecule has 0 saturated heterocycles. The third-order valence-corrected chi connectivity index (χ3v) is 0.691. The minimum atomic E-state index is -3.11. The molecule has 0 amide bonds. The van der Waals surface area contributed by atoms with E-state index >= 15 is 0 Å². The summed E-state index contributed by atoms with van der Waals surface area (Å²) in [6, 6.07) is 0. The Labute approximate surface area is 113 Å². The van der Waals surface area contributed by atoms with E-state index in [9.17, 15) is 0 Å². The predicted molar refractivity (Wildman–Crippen MR) is 31.5 cm³/mol.